The molecular formula is C11H13N3O. The predicted molar refractivity (Wildman–Crippen MR) is 55.7 cm³/mol. The van der Waals surface area contributed by atoms with E-state index in [1.165, 1.54) is 4.90 Å². The minimum Gasteiger partial charge on any atom is -0.325 e. The highest BCUT2D eigenvalue weighted by molar-refractivity contribution is 5.76. The molecule has 0 spiro atoms. The molecule has 4 nitrogen and oxygen atoms in total. The van der Waals surface area contributed by atoms with Crippen LogP contribution < -0.4 is 0 Å². The van der Waals surface area contributed by atoms with Crippen molar-refractivity contribution in [3.63, 3.8) is 0 Å². The molecule has 0 saturated heterocycles. The predicted octanol–water partition coefficient (Wildman–Crippen LogP) is 1.51. The summed E-state index contributed by atoms with van der Waals surface area (Å²) in [7, 11) is 1.62. The van der Waals surface area contributed by atoms with Crippen molar-refractivity contribution in [3.8, 4) is 6.07 Å². The quantitative estimate of drug-likeness (QED) is 0.748. The van der Waals surface area contributed by atoms with Crippen LogP contribution in [-0.4, -0.2) is 22.8 Å². The van der Waals surface area contributed by atoms with Crippen LogP contribution in [-0.2, 0) is 4.79 Å². The van der Waals surface area contributed by atoms with Gasteiger partial charge >= 0.3 is 0 Å². The van der Waals surface area contributed by atoms with Crippen LogP contribution in [0.5, 0.6) is 0 Å². The number of carbonyl (C=O) groups excluding carboxylic acids is 1. The minimum absolute atomic E-state index is 0.0628. The molecule has 1 aromatic rings. The maximum atomic E-state index is 11.4. The van der Waals surface area contributed by atoms with E-state index in [1.54, 1.807) is 38.4 Å². The third kappa shape index (κ3) is 2.53. The van der Waals surface area contributed by atoms with Gasteiger partial charge in [0.1, 0.15) is 0 Å². The SMILES string of the molecule is CCC(=O)N(C)C(C#N)c1ccccn1. The molecule has 1 aromatic heterocycles. The highest BCUT2D eigenvalue weighted by Gasteiger charge is 2.20. The zero-order valence-electron chi connectivity index (χ0n) is 8.84. The molecular weight excluding hydrogens is 190 g/mol. The fraction of sp³-hybridized carbons (Fsp3) is 0.364. The Balaban J connectivity index is 2.91. The number of aromatic nitrogens is 1. The third-order valence-corrected chi connectivity index (χ3v) is 2.17. The van der Waals surface area contributed by atoms with Crippen LogP contribution in [0.15, 0.2) is 24.4 Å². The molecule has 1 heterocycles. The van der Waals surface area contributed by atoms with E-state index in [0.717, 1.165) is 0 Å². The minimum atomic E-state index is -0.598. The van der Waals surface area contributed by atoms with Crippen molar-refractivity contribution < 1.29 is 4.79 Å². The average molecular weight is 203 g/mol. The van der Waals surface area contributed by atoms with Crippen molar-refractivity contribution in [2.24, 2.45) is 0 Å². The molecule has 4 heteroatoms. The van der Waals surface area contributed by atoms with Crippen LogP contribution >= 0.6 is 0 Å². The van der Waals surface area contributed by atoms with Crippen molar-refractivity contribution in [2.75, 3.05) is 7.05 Å². The Hall–Kier alpha value is -1.89. The average Bonchev–Trinajstić information content (AvgIpc) is 2.30. The van der Waals surface area contributed by atoms with Gasteiger partial charge in [0.15, 0.2) is 6.04 Å². The molecule has 15 heavy (non-hydrogen) atoms. The molecule has 0 aliphatic rings. The summed E-state index contributed by atoms with van der Waals surface area (Å²) in [6.07, 6.45) is 2.01. The molecule has 0 radical (unpaired) electrons. The van der Waals surface area contributed by atoms with Gasteiger partial charge in [0, 0.05) is 19.7 Å². The van der Waals surface area contributed by atoms with E-state index in [1.807, 2.05) is 0 Å². The lowest BCUT2D eigenvalue weighted by Crippen LogP contribution is -2.30. The van der Waals surface area contributed by atoms with Crippen molar-refractivity contribution >= 4 is 5.91 Å². The van der Waals surface area contributed by atoms with E-state index in [2.05, 4.69) is 11.1 Å². The van der Waals surface area contributed by atoms with Gasteiger partial charge in [0.2, 0.25) is 5.91 Å². The molecule has 0 N–H and O–H groups in total. The fourth-order valence-corrected chi connectivity index (χ4v) is 1.28. The van der Waals surface area contributed by atoms with Gasteiger partial charge in [-0.2, -0.15) is 5.26 Å². The zero-order chi connectivity index (χ0) is 11.3. The summed E-state index contributed by atoms with van der Waals surface area (Å²) >= 11 is 0. The highest BCUT2D eigenvalue weighted by atomic mass is 16.2. The summed E-state index contributed by atoms with van der Waals surface area (Å²) in [5, 5.41) is 9.01. The third-order valence-electron chi connectivity index (χ3n) is 2.17. The van der Waals surface area contributed by atoms with Gasteiger partial charge in [-0.15, -0.1) is 0 Å². The number of nitriles is 1. The van der Waals surface area contributed by atoms with Crippen LogP contribution in [0.2, 0.25) is 0 Å². The molecule has 1 amide bonds. The summed E-state index contributed by atoms with van der Waals surface area (Å²) in [5.74, 6) is -0.0628. The lowest BCUT2D eigenvalue weighted by atomic mass is 10.2. The van der Waals surface area contributed by atoms with E-state index in [0.29, 0.717) is 12.1 Å². The van der Waals surface area contributed by atoms with Gasteiger partial charge < -0.3 is 4.90 Å². The topological polar surface area (TPSA) is 57.0 Å². The number of carbonyl (C=O) groups is 1. The van der Waals surface area contributed by atoms with Crippen molar-refractivity contribution in [3.05, 3.63) is 30.1 Å². The van der Waals surface area contributed by atoms with Crippen LogP contribution in [0.3, 0.4) is 0 Å². The number of pyridine rings is 1. The van der Waals surface area contributed by atoms with Crippen molar-refractivity contribution in [1.82, 2.24) is 9.88 Å². The molecule has 1 unspecified atom stereocenters. The van der Waals surface area contributed by atoms with Crippen LogP contribution in [0, 0.1) is 11.3 Å². The second-order valence-corrected chi connectivity index (χ2v) is 3.14. The standard InChI is InChI=1S/C11H13N3O/c1-3-11(15)14(2)10(8-12)9-6-4-5-7-13-9/h4-7,10H,3H2,1-2H3. The molecule has 78 valence electrons. The van der Waals surface area contributed by atoms with E-state index in [-0.39, 0.29) is 5.91 Å². The van der Waals surface area contributed by atoms with Crippen LogP contribution in [0.25, 0.3) is 0 Å². The van der Waals surface area contributed by atoms with E-state index >= 15 is 0 Å². The Morgan fingerprint density at radius 1 is 1.67 bits per heavy atom. The van der Waals surface area contributed by atoms with Gasteiger partial charge in [-0.3, -0.25) is 9.78 Å². The number of rotatable bonds is 3. The van der Waals surface area contributed by atoms with Crippen LogP contribution in [0.4, 0.5) is 0 Å². The summed E-state index contributed by atoms with van der Waals surface area (Å²) in [5.41, 5.74) is 0.601. The summed E-state index contributed by atoms with van der Waals surface area (Å²) < 4.78 is 0. The fourth-order valence-electron chi connectivity index (χ4n) is 1.28. The maximum absolute atomic E-state index is 11.4. The van der Waals surface area contributed by atoms with Gasteiger partial charge in [-0.1, -0.05) is 13.0 Å². The molecule has 0 fully saturated rings. The van der Waals surface area contributed by atoms with E-state index < -0.39 is 6.04 Å². The Morgan fingerprint density at radius 3 is 2.87 bits per heavy atom. The highest BCUT2D eigenvalue weighted by Crippen LogP contribution is 2.16. The number of amides is 1. The van der Waals surface area contributed by atoms with Crippen molar-refractivity contribution in [1.29, 1.82) is 5.26 Å². The summed E-state index contributed by atoms with van der Waals surface area (Å²) in [4.78, 5) is 16.9. The van der Waals surface area contributed by atoms with Gasteiger partial charge in [0.05, 0.1) is 11.8 Å². The summed E-state index contributed by atoms with van der Waals surface area (Å²) in [6, 6.07) is 6.80. The first-order valence-corrected chi connectivity index (χ1v) is 4.77. The lowest BCUT2D eigenvalue weighted by molar-refractivity contribution is -0.130. The Morgan fingerprint density at radius 2 is 2.40 bits per heavy atom. The number of hydrogen-bond acceptors (Lipinski definition) is 3. The largest absolute Gasteiger partial charge is 0.325 e. The normalized spacial score (nSPS) is 11.5. The maximum Gasteiger partial charge on any atom is 0.223 e. The van der Waals surface area contributed by atoms with E-state index in [4.69, 9.17) is 5.26 Å². The first-order valence-electron chi connectivity index (χ1n) is 4.77. The summed E-state index contributed by atoms with van der Waals surface area (Å²) in [6.45, 7) is 1.77. The van der Waals surface area contributed by atoms with Gasteiger partial charge in [-0.05, 0) is 12.1 Å². The molecule has 0 saturated carbocycles. The van der Waals surface area contributed by atoms with E-state index in [9.17, 15) is 4.79 Å². The Labute approximate surface area is 89.2 Å². The molecule has 0 aliphatic carbocycles. The molecule has 1 atom stereocenters. The second kappa shape index (κ2) is 5.11. The van der Waals surface area contributed by atoms with Crippen LogP contribution in [0.1, 0.15) is 25.1 Å². The zero-order valence-corrected chi connectivity index (χ0v) is 8.84. The lowest BCUT2D eigenvalue weighted by Gasteiger charge is -2.21. The first kappa shape index (κ1) is 11.2. The monoisotopic (exact) mass is 203 g/mol. The Bertz CT molecular complexity index is 369. The smallest absolute Gasteiger partial charge is 0.223 e. The number of hydrogen-bond donors (Lipinski definition) is 0. The molecule has 0 aromatic carbocycles. The second-order valence-electron chi connectivity index (χ2n) is 3.14. The van der Waals surface area contributed by atoms with Gasteiger partial charge in [0.25, 0.3) is 0 Å². The van der Waals surface area contributed by atoms with Gasteiger partial charge in [-0.25, -0.2) is 0 Å². The Kier molecular flexibility index (Phi) is 3.81. The molecule has 0 bridgehead atoms. The number of nitrogens with zero attached hydrogens (tertiary/aromatic N) is 3. The molecule has 1 rings (SSSR count). The van der Waals surface area contributed by atoms with Crippen molar-refractivity contribution in [2.45, 2.75) is 19.4 Å². The molecule has 0 aliphatic heterocycles. The first-order chi connectivity index (χ1) is 7.20.